The van der Waals surface area contributed by atoms with Crippen molar-refractivity contribution in [1.29, 1.82) is 0 Å². The van der Waals surface area contributed by atoms with Crippen molar-refractivity contribution in [3.63, 3.8) is 0 Å². The van der Waals surface area contributed by atoms with Crippen LogP contribution in [0.4, 0.5) is 0 Å². The molecule has 138 valence electrons. The summed E-state index contributed by atoms with van der Waals surface area (Å²) in [5.74, 6) is -0.702. The number of nitrogens with zero attached hydrogens (tertiary/aromatic N) is 1. The molecule has 2 rings (SSSR count). The third kappa shape index (κ3) is 4.50. The first kappa shape index (κ1) is 19.2. The highest BCUT2D eigenvalue weighted by molar-refractivity contribution is 7.91. The number of ether oxygens (including phenoxy) is 2. The summed E-state index contributed by atoms with van der Waals surface area (Å²) >= 11 is 0. The van der Waals surface area contributed by atoms with Crippen LogP contribution in [0, 0.1) is 6.92 Å². The minimum atomic E-state index is -3.10. The Morgan fingerprint density at radius 1 is 1.32 bits per heavy atom. The average Bonchev–Trinajstić information content (AvgIpc) is 2.93. The summed E-state index contributed by atoms with van der Waals surface area (Å²) in [6.07, 6.45) is -0.622. The molecule has 1 aliphatic rings. The zero-order valence-electron chi connectivity index (χ0n) is 14.8. The Morgan fingerprint density at radius 3 is 2.56 bits per heavy atom. The van der Waals surface area contributed by atoms with E-state index in [-0.39, 0.29) is 23.1 Å². The van der Waals surface area contributed by atoms with E-state index in [0.717, 1.165) is 5.56 Å². The predicted octanol–water partition coefficient (Wildman–Crippen LogP) is 1.19. The van der Waals surface area contributed by atoms with Crippen LogP contribution in [0.3, 0.4) is 0 Å². The Hall–Kier alpha value is -2.09. The van der Waals surface area contributed by atoms with Crippen molar-refractivity contribution in [3.05, 3.63) is 29.3 Å². The number of esters is 1. The number of likely N-dealkylation sites (N-methyl/N-ethyl adjacent to an activating group) is 1. The number of sulfone groups is 1. The molecular formula is C17H23NO6S. The fourth-order valence-corrected chi connectivity index (χ4v) is 4.58. The minimum Gasteiger partial charge on any atom is -0.496 e. The fraction of sp³-hybridized carbons (Fsp3) is 0.529. The van der Waals surface area contributed by atoms with Crippen molar-refractivity contribution in [2.45, 2.75) is 32.4 Å². The van der Waals surface area contributed by atoms with Crippen molar-refractivity contribution in [2.24, 2.45) is 0 Å². The molecule has 0 unspecified atom stereocenters. The van der Waals surface area contributed by atoms with Gasteiger partial charge in [0.05, 0.1) is 18.6 Å². The third-order valence-corrected chi connectivity index (χ3v) is 6.06. The van der Waals surface area contributed by atoms with Gasteiger partial charge in [0.25, 0.3) is 5.91 Å². The molecule has 8 heteroatoms. The molecule has 1 fully saturated rings. The molecule has 1 saturated heterocycles. The van der Waals surface area contributed by atoms with E-state index in [9.17, 15) is 18.0 Å². The Balaban J connectivity index is 2.06. The smallest absolute Gasteiger partial charge is 0.342 e. The monoisotopic (exact) mass is 369 g/mol. The second-order valence-electron chi connectivity index (χ2n) is 6.26. The van der Waals surface area contributed by atoms with E-state index in [1.165, 1.54) is 26.0 Å². The van der Waals surface area contributed by atoms with E-state index in [1.807, 2.05) is 6.92 Å². The predicted molar refractivity (Wildman–Crippen MR) is 92.4 cm³/mol. The van der Waals surface area contributed by atoms with Gasteiger partial charge < -0.3 is 14.4 Å². The second kappa shape index (κ2) is 7.43. The lowest BCUT2D eigenvalue weighted by molar-refractivity contribution is -0.140. The standard InChI is InChI=1S/C17H23NO6S/c1-11-5-6-15(23-4)14(9-11)17(20)24-12(2)16(19)18(3)13-7-8-25(21,22)10-13/h5-6,9,12-13H,7-8,10H2,1-4H3/t12-,13-/m1/s1. The van der Waals surface area contributed by atoms with Crippen LogP contribution >= 0.6 is 0 Å². The summed E-state index contributed by atoms with van der Waals surface area (Å²) in [6.45, 7) is 3.31. The molecule has 0 saturated carbocycles. The van der Waals surface area contributed by atoms with Crippen LogP contribution in [0.2, 0.25) is 0 Å². The Morgan fingerprint density at radius 2 is 2.00 bits per heavy atom. The second-order valence-corrected chi connectivity index (χ2v) is 8.49. The van der Waals surface area contributed by atoms with Gasteiger partial charge >= 0.3 is 5.97 Å². The van der Waals surface area contributed by atoms with Gasteiger partial charge in [-0.2, -0.15) is 0 Å². The lowest BCUT2D eigenvalue weighted by Crippen LogP contribution is -2.44. The highest BCUT2D eigenvalue weighted by Crippen LogP contribution is 2.22. The van der Waals surface area contributed by atoms with E-state index >= 15 is 0 Å². The molecule has 1 aromatic rings. The average molecular weight is 369 g/mol. The van der Waals surface area contributed by atoms with E-state index in [0.29, 0.717) is 12.2 Å². The van der Waals surface area contributed by atoms with Crippen LogP contribution < -0.4 is 4.74 Å². The molecule has 1 heterocycles. The molecule has 1 aliphatic heterocycles. The first-order chi connectivity index (χ1) is 11.6. The molecular weight excluding hydrogens is 346 g/mol. The highest BCUT2D eigenvalue weighted by atomic mass is 32.2. The van der Waals surface area contributed by atoms with Gasteiger partial charge in [0, 0.05) is 13.1 Å². The number of methoxy groups -OCH3 is 1. The van der Waals surface area contributed by atoms with Crippen molar-refractivity contribution in [2.75, 3.05) is 25.7 Å². The SMILES string of the molecule is COc1ccc(C)cc1C(=O)O[C@H](C)C(=O)N(C)[C@@H]1CCS(=O)(=O)C1. The summed E-state index contributed by atoms with van der Waals surface area (Å²) in [5.41, 5.74) is 1.10. The zero-order chi connectivity index (χ0) is 18.8. The Bertz CT molecular complexity index is 773. The third-order valence-electron chi connectivity index (χ3n) is 4.31. The van der Waals surface area contributed by atoms with Crippen molar-refractivity contribution >= 4 is 21.7 Å². The fourth-order valence-electron chi connectivity index (χ4n) is 2.80. The van der Waals surface area contributed by atoms with Crippen LogP contribution in [0.25, 0.3) is 0 Å². The number of benzene rings is 1. The largest absolute Gasteiger partial charge is 0.496 e. The highest BCUT2D eigenvalue weighted by Gasteiger charge is 2.35. The van der Waals surface area contributed by atoms with Crippen molar-refractivity contribution in [3.8, 4) is 5.75 Å². The molecule has 0 N–H and O–H groups in total. The van der Waals surface area contributed by atoms with Crippen LogP contribution in [-0.4, -0.2) is 63.0 Å². The Labute approximate surface area is 147 Å². The zero-order valence-corrected chi connectivity index (χ0v) is 15.6. The topological polar surface area (TPSA) is 90.0 Å². The molecule has 0 bridgehead atoms. The maximum absolute atomic E-state index is 12.5. The molecule has 0 aliphatic carbocycles. The van der Waals surface area contributed by atoms with Crippen molar-refractivity contribution < 1.29 is 27.5 Å². The molecule has 2 atom stereocenters. The quantitative estimate of drug-likeness (QED) is 0.725. The lowest BCUT2D eigenvalue weighted by Gasteiger charge is -2.26. The summed E-state index contributed by atoms with van der Waals surface area (Å²) in [5, 5.41) is 0. The normalized spacial score (nSPS) is 19.9. The number of carbonyl (C=O) groups is 2. The summed E-state index contributed by atoms with van der Waals surface area (Å²) < 4.78 is 33.6. The van der Waals surface area contributed by atoms with Crippen LogP contribution in [0.5, 0.6) is 5.75 Å². The maximum Gasteiger partial charge on any atom is 0.342 e. The van der Waals surface area contributed by atoms with Gasteiger partial charge in [-0.1, -0.05) is 11.6 Å². The molecule has 25 heavy (non-hydrogen) atoms. The van der Waals surface area contributed by atoms with Gasteiger partial charge in [-0.3, -0.25) is 4.79 Å². The van der Waals surface area contributed by atoms with E-state index < -0.39 is 27.8 Å². The molecule has 1 amide bonds. The first-order valence-corrected chi connectivity index (χ1v) is 9.79. The van der Waals surface area contributed by atoms with E-state index in [1.54, 1.807) is 18.2 Å². The maximum atomic E-state index is 12.5. The van der Waals surface area contributed by atoms with Crippen molar-refractivity contribution in [1.82, 2.24) is 4.90 Å². The molecule has 1 aromatic carbocycles. The summed E-state index contributed by atoms with van der Waals surface area (Å²) in [7, 11) is -0.116. The first-order valence-electron chi connectivity index (χ1n) is 7.97. The van der Waals surface area contributed by atoms with E-state index in [2.05, 4.69) is 0 Å². The summed E-state index contributed by atoms with van der Waals surface area (Å²) in [4.78, 5) is 26.2. The number of aryl methyl sites for hydroxylation is 1. The number of amides is 1. The van der Waals surface area contributed by atoms with Gasteiger partial charge in [0.2, 0.25) is 0 Å². The summed E-state index contributed by atoms with van der Waals surface area (Å²) in [6, 6.07) is 4.71. The number of carbonyl (C=O) groups excluding carboxylic acids is 2. The number of hydrogen-bond donors (Lipinski definition) is 0. The minimum absolute atomic E-state index is 0.0540. The van der Waals surface area contributed by atoms with E-state index in [4.69, 9.17) is 9.47 Å². The molecule has 0 spiro atoms. The Kier molecular flexibility index (Phi) is 5.72. The van der Waals surface area contributed by atoms with Gasteiger partial charge in [-0.25, -0.2) is 13.2 Å². The van der Waals surface area contributed by atoms with Gasteiger partial charge in [0.1, 0.15) is 11.3 Å². The van der Waals surface area contributed by atoms with Gasteiger partial charge in [-0.15, -0.1) is 0 Å². The van der Waals surface area contributed by atoms with Gasteiger partial charge in [-0.05, 0) is 32.4 Å². The molecule has 7 nitrogen and oxygen atoms in total. The number of hydrogen-bond acceptors (Lipinski definition) is 6. The van der Waals surface area contributed by atoms with Gasteiger partial charge in [0.15, 0.2) is 15.9 Å². The lowest BCUT2D eigenvalue weighted by atomic mass is 10.1. The molecule has 0 aromatic heterocycles. The van der Waals surface area contributed by atoms with Crippen LogP contribution in [0.1, 0.15) is 29.3 Å². The van der Waals surface area contributed by atoms with Crippen LogP contribution in [0.15, 0.2) is 18.2 Å². The molecule has 0 radical (unpaired) electrons. The van der Waals surface area contributed by atoms with Crippen LogP contribution in [-0.2, 0) is 19.4 Å². The number of rotatable bonds is 5.